The van der Waals surface area contributed by atoms with Crippen LogP contribution in [0.1, 0.15) is 20.3 Å². The first-order valence-electron chi connectivity index (χ1n) is 6.34. The van der Waals surface area contributed by atoms with Crippen LogP contribution in [0.3, 0.4) is 0 Å². The summed E-state index contributed by atoms with van der Waals surface area (Å²) in [6.45, 7) is 4.96. The van der Waals surface area contributed by atoms with Crippen molar-refractivity contribution in [3.63, 3.8) is 0 Å². The molecule has 106 valence electrons. The fraction of sp³-hybridized carbons (Fsp3) is 0.500. The van der Waals surface area contributed by atoms with Gasteiger partial charge in [0.05, 0.1) is 6.10 Å². The zero-order chi connectivity index (χ0) is 14.1. The van der Waals surface area contributed by atoms with E-state index in [1.807, 2.05) is 13.8 Å². The summed E-state index contributed by atoms with van der Waals surface area (Å²) in [7, 11) is 0. The Labute approximate surface area is 112 Å². The monoisotopic (exact) mass is 269 g/mol. The van der Waals surface area contributed by atoms with Gasteiger partial charge >= 0.3 is 0 Å². The molecule has 0 spiro atoms. The molecule has 1 N–H and O–H groups in total. The second-order valence-electron chi connectivity index (χ2n) is 4.37. The lowest BCUT2D eigenvalue weighted by Gasteiger charge is -2.09. The lowest BCUT2D eigenvalue weighted by molar-refractivity contribution is -0.123. The van der Waals surface area contributed by atoms with Crippen LogP contribution in [0.15, 0.2) is 24.3 Å². The Balaban J connectivity index is 2.11. The average molecular weight is 269 g/mol. The Kier molecular flexibility index (Phi) is 6.89. The second-order valence-corrected chi connectivity index (χ2v) is 4.37. The summed E-state index contributed by atoms with van der Waals surface area (Å²) in [6.07, 6.45) is 0.955. The first kappa shape index (κ1) is 15.4. The average Bonchev–Trinajstić information content (AvgIpc) is 2.35. The van der Waals surface area contributed by atoms with Gasteiger partial charge in [-0.3, -0.25) is 4.79 Å². The quantitative estimate of drug-likeness (QED) is 0.735. The smallest absolute Gasteiger partial charge is 0.257 e. The maximum atomic E-state index is 12.8. The van der Waals surface area contributed by atoms with E-state index in [-0.39, 0.29) is 24.4 Å². The van der Waals surface area contributed by atoms with Crippen LogP contribution in [0.25, 0.3) is 0 Å². The first-order valence-corrected chi connectivity index (χ1v) is 6.34. The van der Waals surface area contributed by atoms with Crippen LogP contribution in [0, 0.1) is 5.82 Å². The van der Waals surface area contributed by atoms with E-state index < -0.39 is 0 Å². The maximum Gasteiger partial charge on any atom is 0.257 e. The van der Waals surface area contributed by atoms with Crippen molar-refractivity contribution in [1.82, 2.24) is 5.32 Å². The van der Waals surface area contributed by atoms with Crippen molar-refractivity contribution < 1.29 is 18.7 Å². The fourth-order valence-electron chi connectivity index (χ4n) is 1.38. The predicted octanol–water partition coefficient (Wildman–Crippen LogP) is 2.14. The molecule has 0 unspecified atom stereocenters. The predicted molar refractivity (Wildman–Crippen MR) is 70.6 cm³/mol. The standard InChI is InChI=1S/C14H20FNO3/c1-11(2)18-8-4-7-16-14(17)10-19-13-6-3-5-12(15)9-13/h3,5-6,9,11H,4,7-8,10H2,1-2H3,(H,16,17). The SMILES string of the molecule is CC(C)OCCCNC(=O)COc1cccc(F)c1. The Morgan fingerprint density at radius 1 is 1.42 bits per heavy atom. The van der Waals surface area contributed by atoms with E-state index in [0.717, 1.165) is 6.42 Å². The molecule has 0 heterocycles. The van der Waals surface area contributed by atoms with Gasteiger partial charge < -0.3 is 14.8 Å². The van der Waals surface area contributed by atoms with E-state index in [2.05, 4.69) is 5.32 Å². The summed E-state index contributed by atoms with van der Waals surface area (Å²) >= 11 is 0. The summed E-state index contributed by atoms with van der Waals surface area (Å²) in [5, 5.41) is 2.70. The first-order chi connectivity index (χ1) is 9.08. The number of hydrogen-bond acceptors (Lipinski definition) is 3. The molecule has 0 bridgehead atoms. The van der Waals surface area contributed by atoms with E-state index in [1.54, 1.807) is 6.07 Å². The highest BCUT2D eigenvalue weighted by Crippen LogP contribution is 2.11. The topological polar surface area (TPSA) is 47.6 Å². The second kappa shape index (κ2) is 8.48. The van der Waals surface area contributed by atoms with Gasteiger partial charge in [0.2, 0.25) is 0 Å². The molecule has 1 amide bonds. The largest absolute Gasteiger partial charge is 0.484 e. The molecule has 5 heteroatoms. The number of nitrogens with one attached hydrogen (secondary N) is 1. The minimum absolute atomic E-state index is 0.117. The molecule has 1 rings (SSSR count). The van der Waals surface area contributed by atoms with Crippen LogP contribution >= 0.6 is 0 Å². The summed E-state index contributed by atoms with van der Waals surface area (Å²) in [5.41, 5.74) is 0. The normalized spacial score (nSPS) is 10.5. The highest BCUT2D eigenvalue weighted by Gasteiger charge is 2.03. The molecule has 0 aliphatic heterocycles. The molecular formula is C14H20FNO3. The van der Waals surface area contributed by atoms with Crippen LogP contribution < -0.4 is 10.1 Å². The van der Waals surface area contributed by atoms with Crippen molar-refractivity contribution in [3.8, 4) is 5.75 Å². The lowest BCUT2D eigenvalue weighted by Crippen LogP contribution is -2.30. The van der Waals surface area contributed by atoms with Crippen LogP contribution in [0.2, 0.25) is 0 Å². The maximum absolute atomic E-state index is 12.8. The molecule has 0 aliphatic rings. The Bertz CT molecular complexity index is 396. The molecule has 0 saturated carbocycles. The van der Waals surface area contributed by atoms with Crippen molar-refractivity contribution >= 4 is 5.91 Å². The van der Waals surface area contributed by atoms with Crippen LogP contribution in [-0.2, 0) is 9.53 Å². The third-order valence-corrected chi connectivity index (χ3v) is 2.26. The van der Waals surface area contributed by atoms with Crippen molar-refractivity contribution in [2.24, 2.45) is 0 Å². The number of ether oxygens (including phenoxy) is 2. The summed E-state index contributed by atoms with van der Waals surface area (Å²) < 4.78 is 23.4. The van der Waals surface area contributed by atoms with Gasteiger partial charge in [-0.2, -0.15) is 0 Å². The van der Waals surface area contributed by atoms with Gasteiger partial charge in [0.25, 0.3) is 5.91 Å². The van der Waals surface area contributed by atoms with Gasteiger partial charge in [0, 0.05) is 19.2 Å². The van der Waals surface area contributed by atoms with E-state index in [4.69, 9.17) is 9.47 Å². The fourth-order valence-corrected chi connectivity index (χ4v) is 1.38. The molecule has 19 heavy (non-hydrogen) atoms. The molecule has 0 radical (unpaired) electrons. The Morgan fingerprint density at radius 3 is 2.89 bits per heavy atom. The third-order valence-electron chi connectivity index (χ3n) is 2.26. The molecular weight excluding hydrogens is 249 g/mol. The zero-order valence-corrected chi connectivity index (χ0v) is 11.3. The molecule has 0 atom stereocenters. The number of carbonyl (C=O) groups is 1. The van der Waals surface area contributed by atoms with Crippen molar-refractivity contribution in [1.29, 1.82) is 0 Å². The molecule has 0 fully saturated rings. The van der Waals surface area contributed by atoms with Crippen LogP contribution in [0.5, 0.6) is 5.75 Å². The van der Waals surface area contributed by atoms with E-state index in [9.17, 15) is 9.18 Å². The number of rotatable bonds is 8. The van der Waals surface area contributed by atoms with Gasteiger partial charge in [-0.05, 0) is 32.4 Å². The number of amides is 1. The highest BCUT2D eigenvalue weighted by molar-refractivity contribution is 5.77. The summed E-state index contributed by atoms with van der Waals surface area (Å²) in [5.74, 6) is -0.268. The molecule has 1 aromatic carbocycles. The van der Waals surface area contributed by atoms with Crippen LogP contribution in [0.4, 0.5) is 4.39 Å². The van der Waals surface area contributed by atoms with Gasteiger partial charge in [-0.1, -0.05) is 6.07 Å². The molecule has 1 aromatic rings. The van der Waals surface area contributed by atoms with Crippen LogP contribution in [-0.4, -0.2) is 31.8 Å². The van der Waals surface area contributed by atoms with Gasteiger partial charge in [0.15, 0.2) is 6.61 Å². The number of halogens is 1. The lowest BCUT2D eigenvalue weighted by atomic mass is 10.3. The number of hydrogen-bond donors (Lipinski definition) is 1. The molecule has 4 nitrogen and oxygen atoms in total. The summed E-state index contributed by atoms with van der Waals surface area (Å²) in [4.78, 5) is 11.4. The van der Waals surface area contributed by atoms with E-state index in [1.165, 1.54) is 18.2 Å². The molecule has 0 aliphatic carbocycles. The van der Waals surface area contributed by atoms with Crippen molar-refractivity contribution in [2.45, 2.75) is 26.4 Å². The van der Waals surface area contributed by atoms with Crippen molar-refractivity contribution in [2.75, 3.05) is 19.8 Å². The molecule has 0 saturated heterocycles. The number of benzene rings is 1. The molecule has 0 aromatic heterocycles. The summed E-state index contributed by atoms with van der Waals surface area (Å²) in [6, 6.07) is 5.70. The third kappa shape index (κ3) is 7.41. The van der Waals surface area contributed by atoms with Gasteiger partial charge in [0.1, 0.15) is 11.6 Å². The van der Waals surface area contributed by atoms with Gasteiger partial charge in [-0.15, -0.1) is 0 Å². The Hall–Kier alpha value is -1.62. The zero-order valence-electron chi connectivity index (χ0n) is 11.3. The van der Waals surface area contributed by atoms with Crippen molar-refractivity contribution in [3.05, 3.63) is 30.1 Å². The minimum Gasteiger partial charge on any atom is -0.484 e. The van der Waals surface area contributed by atoms with E-state index >= 15 is 0 Å². The number of carbonyl (C=O) groups excluding carboxylic acids is 1. The highest BCUT2D eigenvalue weighted by atomic mass is 19.1. The van der Waals surface area contributed by atoms with Gasteiger partial charge in [-0.25, -0.2) is 4.39 Å². The Morgan fingerprint density at radius 2 is 2.21 bits per heavy atom. The van der Waals surface area contributed by atoms with E-state index in [0.29, 0.717) is 18.9 Å². The minimum atomic E-state index is -0.385.